The van der Waals surface area contributed by atoms with Crippen LogP contribution < -0.4 is 4.72 Å². The molecule has 0 amide bonds. The maximum atomic E-state index is 13.1. The highest BCUT2D eigenvalue weighted by Gasteiger charge is 2.35. The summed E-state index contributed by atoms with van der Waals surface area (Å²) in [6.07, 6.45) is 4.28. The van der Waals surface area contributed by atoms with Gasteiger partial charge in [-0.1, -0.05) is 6.08 Å². The molecule has 1 aromatic carbocycles. The molecular formula is C20H20FNO5S. The van der Waals surface area contributed by atoms with Gasteiger partial charge in [0.25, 0.3) is 0 Å². The van der Waals surface area contributed by atoms with Crippen molar-refractivity contribution in [3.05, 3.63) is 64.2 Å². The van der Waals surface area contributed by atoms with E-state index in [4.69, 9.17) is 4.74 Å². The van der Waals surface area contributed by atoms with Crippen LogP contribution in [0.2, 0.25) is 0 Å². The normalized spacial score (nSPS) is 21.8. The number of ether oxygens (including phenoxy) is 1. The first-order chi connectivity index (χ1) is 13.3. The molecule has 8 heteroatoms. The maximum Gasteiger partial charge on any atom is 0.310 e. The van der Waals surface area contributed by atoms with Crippen LogP contribution >= 0.6 is 0 Å². The first-order valence-corrected chi connectivity index (χ1v) is 10.6. The van der Waals surface area contributed by atoms with E-state index in [-0.39, 0.29) is 11.4 Å². The molecule has 0 aromatic heterocycles. The van der Waals surface area contributed by atoms with Gasteiger partial charge in [0.2, 0.25) is 10.0 Å². The Morgan fingerprint density at radius 3 is 2.71 bits per heavy atom. The van der Waals surface area contributed by atoms with E-state index in [1.54, 1.807) is 6.08 Å². The lowest BCUT2D eigenvalue weighted by atomic mass is 9.85. The molecule has 1 aromatic rings. The minimum Gasteiger partial charge on any atom is -0.493 e. The summed E-state index contributed by atoms with van der Waals surface area (Å²) >= 11 is 0. The second-order valence-electron chi connectivity index (χ2n) is 7.14. The van der Waals surface area contributed by atoms with Gasteiger partial charge in [-0.05, 0) is 72.2 Å². The van der Waals surface area contributed by atoms with Gasteiger partial charge < -0.3 is 9.84 Å². The van der Waals surface area contributed by atoms with Crippen LogP contribution in [0.5, 0.6) is 0 Å². The molecule has 0 saturated carbocycles. The maximum absolute atomic E-state index is 13.1. The zero-order valence-electron chi connectivity index (χ0n) is 15.1. The van der Waals surface area contributed by atoms with E-state index in [0.29, 0.717) is 19.4 Å². The fraction of sp³-hybridized carbons (Fsp3) is 0.350. The highest BCUT2D eigenvalue weighted by molar-refractivity contribution is 7.89. The molecule has 0 bridgehead atoms. The third-order valence-electron chi connectivity index (χ3n) is 5.33. The Balaban J connectivity index is 1.60. The van der Waals surface area contributed by atoms with Crippen molar-refractivity contribution in [1.29, 1.82) is 0 Å². The Labute approximate surface area is 162 Å². The van der Waals surface area contributed by atoms with Crippen LogP contribution in [-0.4, -0.2) is 32.6 Å². The van der Waals surface area contributed by atoms with Crippen molar-refractivity contribution in [3.63, 3.8) is 0 Å². The Morgan fingerprint density at radius 2 is 2.00 bits per heavy atom. The molecule has 4 rings (SSSR count). The van der Waals surface area contributed by atoms with Crippen molar-refractivity contribution in [2.75, 3.05) is 13.2 Å². The van der Waals surface area contributed by atoms with Gasteiger partial charge in [-0.2, -0.15) is 0 Å². The molecule has 1 fully saturated rings. The van der Waals surface area contributed by atoms with E-state index >= 15 is 0 Å². The zero-order valence-corrected chi connectivity index (χ0v) is 15.9. The number of benzene rings is 1. The predicted molar refractivity (Wildman–Crippen MR) is 99.3 cm³/mol. The fourth-order valence-electron chi connectivity index (χ4n) is 3.93. The van der Waals surface area contributed by atoms with Crippen LogP contribution in [0.25, 0.3) is 0 Å². The number of carboxylic acids is 1. The molecule has 0 spiro atoms. The van der Waals surface area contributed by atoms with Gasteiger partial charge in [-0.15, -0.1) is 0 Å². The van der Waals surface area contributed by atoms with Crippen molar-refractivity contribution in [3.8, 4) is 0 Å². The molecule has 2 N–H and O–H groups in total. The van der Waals surface area contributed by atoms with Crippen LogP contribution in [0.4, 0.5) is 4.39 Å². The van der Waals surface area contributed by atoms with Crippen molar-refractivity contribution in [2.24, 2.45) is 5.92 Å². The van der Waals surface area contributed by atoms with Crippen LogP contribution in [0.3, 0.4) is 0 Å². The molecule has 1 aliphatic heterocycles. The molecule has 0 radical (unpaired) electrons. The van der Waals surface area contributed by atoms with Crippen molar-refractivity contribution >= 4 is 16.0 Å². The quantitative estimate of drug-likeness (QED) is 0.786. The second kappa shape index (κ2) is 7.18. The van der Waals surface area contributed by atoms with Crippen molar-refractivity contribution < 1.29 is 27.4 Å². The number of fused-ring (bicyclic) bond motifs is 2. The lowest BCUT2D eigenvalue weighted by molar-refractivity contribution is -0.139. The SMILES string of the molecule is O=C(O)C1C=C2CC(CNS(=O)(=O)c3ccc(F)cc3)=C3CCCOC3=C2C1. The molecule has 28 heavy (non-hydrogen) atoms. The first-order valence-electron chi connectivity index (χ1n) is 9.11. The Bertz CT molecular complexity index is 1020. The highest BCUT2D eigenvalue weighted by Crippen LogP contribution is 2.45. The van der Waals surface area contributed by atoms with Crippen LogP contribution in [0, 0.1) is 11.7 Å². The number of nitrogens with one attached hydrogen (secondary N) is 1. The summed E-state index contributed by atoms with van der Waals surface area (Å²) in [6.45, 7) is 0.673. The highest BCUT2D eigenvalue weighted by atomic mass is 32.2. The Kier molecular flexibility index (Phi) is 4.84. The smallest absolute Gasteiger partial charge is 0.310 e. The minimum absolute atomic E-state index is 0.00215. The summed E-state index contributed by atoms with van der Waals surface area (Å²) in [5.74, 6) is -1.21. The van der Waals surface area contributed by atoms with Crippen LogP contribution in [-0.2, 0) is 19.6 Å². The van der Waals surface area contributed by atoms with Gasteiger partial charge in [0.15, 0.2) is 0 Å². The third kappa shape index (κ3) is 3.49. The molecule has 3 aliphatic rings. The molecular weight excluding hydrogens is 385 g/mol. The number of hydrogen-bond acceptors (Lipinski definition) is 4. The molecule has 1 saturated heterocycles. The number of aliphatic carboxylic acids is 1. The largest absolute Gasteiger partial charge is 0.493 e. The average Bonchev–Trinajstić information content (AvgIpc) is 3.11. The fourth-order valence-corrected chi connectivity index (χ4v) is 4.96. The van der Waals surface area contributed by atoms with Crippen molar-refractivity contribution in [1.82, 2.24) is 4.72 Å². The lowest BCUT2D eigenvalue weighted by Crippen LogP contribution is -2.28. The molecule has 1 unspecified atom stereocenters. The molecule has 6 nitrogen and oxygen atoms in total. The zero-order chi connectivity index (χ0) is 19.9. The van der Waals surface area contributed by atoms with Crippen LogP contribution in [0.15, 0.2) is 63.3 Å². The van der Waals surface area contributed by atoms with E-state index in [0.717, 1.165) is 53.0 Å². The standard InChI is InChI=1S/C20H20FNO5S/c21-15-3-5-16(6-4-15)28(25,26)22-11-14-9-12-8-13(20(23)24)10-18(12)19-17(14)2-1-7-27-19/h3-6,8,13,22H,1-2,7,9-11H2,(H,23,24). The number of allylic oxidation sites excluding steroid dienone is 3. The van der Waals surface area contributed by atoms with E-state index in [9.17, 15) is 22.7 Å². The van der Waals surface area contributed by atoms with E-state index < -0.39 is 27.7 Å². The number of carbonyl (C=O) groups is 1. The number of sulfonamides is 1. The summed E-state index contributed by atoms with van der Waals surface area (Å²) in [5, 5.41) is 9.34. The summed E-state index contributed by atoms with van der Waals surface area (Å²) in [7, 11) is -3.78. The monoisotopic (exact) mass is 405 g/mol. The summed E-state index contributed by atoms with van der Waals surface area (Å²) in [5.41, 5.74) is 3.71. The number of halogens is 1. The van der Waals surface area contributed by atoms with E-state index in [2.05, 4.69) is 4.72 Å². The number of rotatable bonds is 5. The number of carboxylic acid groups (broad SMARTS) is 1. The Morgan fingerprint density at radius 1 is 1.25 bits per heavy atom. The topological polar surface area (TPSA) is 92.7 Å². The molecule has 148 valence electrons. The van der Waals surface area contributed by atoms with Crippen molar-refractivity contribution in [2.45, 2.75) is 30.6 Å². The van der Waals surface area contributed by atoms with Gasteiger partial charge in [0, 0.05) is 6.54 Å². The average molecular weight is 405 g/mol. The summed E-state index contributed by atoms with van der Waals surface area (Å²) in [4.78, 5) is 11.4. The van der Waals surface area contributed by atoms with Gasteiger partial charge in [-0.25, -0.2) is 17.5 Å². The van der Waals surface area contributed by atoms with Crippen LogP contribution in [0.1, 0.15) is 25.7 Å². The predicted octanol–water partition coefficient (Wildman–Crippen LogP) is 2.90. The molecule has 1 heterocycles. The van der Waals surface area contributed by atoms with Gasteiger partial charge in [-0.3, -0.25) is 4.79 Å². The number of hydrogen-bond donors (Lipinski definition) is 2. The summed E-state index contributed by atoms with van der Waals surface area (Å²) in [6, 6.07) is 4.66. The Hall–Kier alpha value is -2.45. The minimum atomic E-state index is -3.78. The second-order valence-corrected chi connectivity index (χ2v) is 8.90. The lowest BCUT2D eigenvalue weighted by Gasteiger charge is -2.30. The van der Waals surface area contributed by atoms with E-state index in [1.807, 2.05) is 0 Å². The van der Waals surface area contributed by atoms with Gasteiger partial charge >= 0.3 is 5.97 Å². The third-order valence-corrected chi connectivity index (χ3v) is 6.74. The first kappa shape index (κ1) is 18.9. The summed E-state index contributed by atoms with van der Waals surface area (Å²) < 4.78 is 46.5. The molecule has 1 atom stereocenters. The van der Waals surface area contributed by atoms with Gasteiger partial charge in [0.1, 0.15) is 11.6 Å². The molecule has 2 aliphatic carbocycles. The van der Waals surface area contributed by atoms with Gasteiger partial charge in [0.05, 0.1) is 17.4 Å². The van der Waals surface area contributed by atoms with E-state index in [1.165, 1.54) is 12.1 Å².